The maximum Gasteiger partial charge on any atom is 0.319 e. The monoisotopic (exact) mass is 406 g/mol. The van der Waals surface area contributed by atoms with Gasteiger partial charge in [-0.05, 0) is 42.7 Å². The van der Waals surface area contributed by atoms with E-state index in [2.05, 4.69) is 35.1 Å². The fourth-order valence-electron chi connectivity index (χ4n) is 3.59. The largest absolute Gasteiger partial charge is 0.497 e. The van der Waals surface area contributed by atoms with Gasteiger partial charge in [-0.15, -0.1) is 0 Å². The standard InChI is InChI=1S/C24H28N4O2.H2/c1-4-6-13-26-24(29)27-18-9-7-17(8-10-18)23-21(16-25)20-12-11-19(30-3)15-22(20)28(23)14-5-2;/h7-12,15H,4-6,13-14H2,1-3H3,(H2,26,27,29);1H. The lowest BCUT2D eigenvalue weighted by atomic mass is 10.1. The highest BCUT2D eigenvalue weighted by molar-refractivity contribution is 5.96. The minimum Gasteiger partial charge on any atom is -0.497 e. The molecule has 2 aromatic carbocycles. The van der Waals surface area contributed by atoms with E-state index in [4.69, 9.17) is 4.74 Å². The number of amides is 2. The van der Waals surface area contributed by atoms with Gasteiger partial charge in [-0.25, -0.2) is 4.79 Å². The molecule has 1 aromatic heterocycles. The van der Waals surface area contributed by atoms with Gasteiger partial charge in [0.1, 0.15) is 11.8 Å². The Labute approximate surface area is 178 Å². The molecule has 3 rings (SSSR count). The van der Waals surface area contributed by atoms with E-state index in [-0.39, 0.29) is 7.46 Å². The number of benzene rings is 2. The third-order valence-corrected chi connectivity index (χ3v) is 5.06. The Morgan fingerprint density at radius 1 is 1.17 bits per heavy atom. The first-order valence-electron chi connectivity index (χ1n) is 10.4. The number of carbonyl (C=O) groups is 1. The molecule has 0 aliphatic rings. The average molecular weight is 407 g/mol. The van der Waals surface area contributed by atoms with Crippen LogP contribution in [0.5, 0.6) is 5.75 Å². The van der Waals surface area contributed by atoms with Gasteiger partial charge in [-0.1, -0.05) is 32.4 Å². The minimum absolute atomic E-state index is 0. The number of nitriles is 1. The van der Waals surface area contributed by atoms with Crippen molar-refractivity contribution in [1.29, 1.82) is 5.26 Å². The first kappa shape index (κ1) is 21.3. The Morgan fingerprint density at radius 2 is 1.93 bits per heavy atom. The number of rotatable bonds is 8. The summed E-state index contributed by atoms with van der Waals surface area (Å²) in [5.41, 5.74) is 4.18. The van der Waals surface area contributed by atoms with Crippen LogP contribution in [-0.2, 0) is 6.54 Å². The molecule has 0 atom stereocenters. The number of aryl methyl sites for hydroxylation is 1. The third-order valence-electron chi connectivity index (χ3n) is 5.06. The van der Waals surface area contributed by atoms with E-state index in [0.29, 0.717) is 17.8 Å². The number of nitrogens with one attached hydrogen (secondary N) is 2. The number of carbonyl (C=O) groups excluding carboxylic acids is 1. The van der Waals surface area contributed by atoms with E-state index in [1.165, 1.54) is 0 Å². The number of ether oxygens (including phenoxy) is 1. The summed E-state index contributed by atoms with van der Waals surface area (Å²) in [4.78, 5) is 12.0. The summed E-state index contributed by atoms with van der Waals surface area (Å²) in [7, 11) is 1.64. The number of unbranched alkanes of at least 4 members (excludes halogenated alkanes) is 1. The Kier molecular flexibility index (Phi) is 6.97. The van der Waals surface area contributed by atoms with Gasteiger partial charge in [0.05, 0.1) is 23.9 Å². The van der Waals surface area contributed by atoms with Crippen molar-refractivity contribution in [3.05, 3.63) is 48.0 Å². The molecule has 0 spiro atoms. The SMILES string of the molecule is CCCCNC(=O)Nc1ccc(-c2c(C#N)c3ccc(OC)cc3n2CCC)cc1.[HH]. The summed E-state index contributed by atoms with van der Waals surface area (Å²) in [5, 5.41) is 16.5. The van der Waals surface area contributed by atoms with Gasteiger partial charge in [0.25, 0.3) is 0 Å². The first-order chi connectivity index (χ1) is 14.6. The molecule has 30 heavy (non-hydrogen) atoms. The topological polar surface area (TPSA) is 79.1 Å². The summed E-state index contributed by atoms with van der Waals surface area (Å²) in [5.74, 6) is 0.766. The second kappa shape index (κ2) is 9.84. The van der Waals surface area contributed by atoms with Crippen molar-refractivity contribution >= 4 is 22.6 Å². The molecule has 6 nitrogen and oxygen atoms in total. The first-order valence-corrected chi connectivity index (χ1v) is 10.4. The molecule has 0 saturated carbocycles. The van der Waals surface area contributed by atoms with Crippen LogP contribution >= 0.6 is 0 Å². The van der Waals surface area contributed by atoms with Crippen LogP contribution in [0.1, 0.15) is 40.1 Å². The molecule has 0 radical (unpaired) electrons. The van der Waals surface area contributed by atoms with Gasteiger partial charge in [0.2, 0.25) is 0 Å². The predicted octanol–water partition coefficient (Wildman–Crippen LogP) is 5.77. The Balaban J connectivity index is 0.00000341. The van der Waals surface area contributed by atoms with Gasteiger partial charge in [-0.3, -0.25) is 0 Å². The zero-order valence-electron chi connectivity index (χ0n) is 17.8. The average Bonchev–Trinajstić information content (AvgIpc) is 3.07. The van der Waals surface area contributed by atoms with Crippen LogP contribution in [0.15, 0.2) is 42.5 Å². The summed E-state index contributed by atoms with van der Waals surface area (Å²) in [6.45, 7) is 5.65. The highest BCUT2D eigenvalue weighted by atomic mass is 16.5. The third kappa shape index (κ3) is 4.41. The van der Waals surface area contributed by atoms with Gasteiger partial charge in [-0.2, -0.15) is 5.26 Å². The van der Waals surface area contributed by atoms with Gasteiger partial charge < -0.3 is 19.9 Å². The number of anilines is 1. The van der Waals surface area contributed by atoms with Crippen LogP contribution in [0.2, 0.25) is 0 Å². The molecule has 2 N–H and O–H groups in total. The highest BCUT2D eigenvalue weighted by Crippen LogP contribution is 2.36. The summed E-state index contributed by atoms with van der Waals surface area (Å²) < 4.78 is 7.57. The fourth-order valence-corrected chi connectivity index (χ4v) is 3.59. The van der Waals surface area contributed by atoms with Crippen LogP contribution in [0.3, 0.4) is 0 Å². The number of hydrogen-bond acceptors (Lipinski definition) is 3. The molecule has 0 bridgehead atoms. The van der Waals surface area contributed by atoms with Crippen molar-refractivity contribution in [3.63, 3.8) is 0 Å². The van der Waals surface area contributed by atoms with Crippen LogP contribution < -0.4 is 15.4 Å². The van der Waals surface area contributed by atoms with Crippen molar-refractivity contribution in [2.45, 2.75) is 39.7 Å². The number of nitrogens with zero attached hydrogens (tertiary/aromatic N) is 2. The van der Waals surface area contributed by atoms with Gasteiger partial charge >= 0.3 is 6.03 Å². The normalized spacial score (nSPS) is 10.6. The quantitative estimate of drug-likeness (QED) is 0.466. The minimum atomic E-state index is -0.207. The molecular weight excluding hydrogens is 376 g/mol. The summed E-state index contributed by atoms with van der Waals surface area (Å²) >= 11 is 0. The lowest BCUT2D eigenvalue weighted by Crippen LogP contribution is -2.29. The smallest absolute Gasteiger partial charge is 0.319 e. The molecule has 1 heterocycles. The van der Waals surface area contributed by atoms with Crippen molar-refractivity contribution in [3.8, 4) is 23.1 Å². The van der Waals surface area contributed by atoms with Crippen LogP contribution in [0, 0.1) is 11.3 Å². The van der Waals surface area contributed by atoms with Gasteiger partial charge in [0, 0.05) is 31.7 Å². The van der Waals surface area contributed by atoms with Gasteiger partial charge in [0.15, 0.2) is 0 Å². The second-order valence-electron chi connectivity index (χ2n) is 7.18. The molecular formula is C24H30N4O2. The van der Waals surface area contributed by atoms with E-state index < -0.39 is 0 Å². The molecule has 0 aliphatic carbocycles. The Hall–Kier alpha value is -3.46. The molecule has 158 valence electrons. The second-order valence-corrected chi connectivity index (χ2v) is 7.18. The van der Waals surface area contributed by atoms with Crippen molar-refractivity contribution in [2.75, 3.05) is 19.0 Å². The zero-order chi connectivity index (χ0) is 21.5. The molecule has 0 fully saturated rings. The Bertz CT molecular complexity index is 1070. The van der Waals surface area contributed by atoms with E-state index in [9.17, 15) is 10.1 Å². The van der Waals surface area contributed by atoms with E-state index >= 15 is 0 Å². The molecule has 2 amide bonds. The molecule has 0 saturated heterocycles. The molecule has 0 unspecified atom stereocenters. The lowest BCUT2D eigenvalue weighted by Gasteiger charge is -2.12. The van der Waals surface area contributed by atoms with Crippen LogP contribution in [0.4, 0.5) is 10.5 Å². The van der Waals surface area contributed by atoms with Crippen LogP contribution in [0.25, 0.3) is 22.2 Å². The molecule has 3 aromatic rings. The highest BCUT2D eigenvalue weighted by Gasteiger charge is 2.19. The predicted molar refractivity (Wildman–Crippen MR) is 123 cm³/mol. The molecule has 0 aliphatic heterocycles. The fraction of sp³-hybridized carbons (Fsp3) is 0.333. The van der Waals surface area contributed by atoms with E-state index in [1.807, 2.05) is 42.5 Å². The number of fused-ring (bicyclic) bond motifs is 1. The zero-order valence-corrected chi connectivity index (χ0v) is 17.8. The maximum atomic E-state index is 12.0. The molecule has 6 heteroatoms. The Morgan fingerprint density at radius 3 is 2.57 bits per heavy atom. The van der Waals surface area contributed by atoms with E-state index in [0.717, 1.165) is 53.7 Å². The number of aromatic nitrogens is 1. The summed E-state index contributed by atoms with van der Waals surface area (Å²) in [6.07, 6.45) is 2.93. The van der Waals surface area contributed by atoms with Crippen molar-refractivity contribution < 1.29 is 11.0 Å². The van der Waals surface area contributed by atoms with Crippen molar-refractivity contribution in [1.82, 2.24) is 9.88 Å². The maximum absolute atomic E-state index is 12.0. The lowest BCUT2D eigenvalue weighted by molar-refractivity contribution is 0.252. The van der Waals surface area contributed by atoms with Crippen molar-refractivity contribution in [2.24, 2.45) is 0 Å². The number of urea groups is 1. The number of hydrogen-bond donors (Lipinski definition) is 2. The number of methoxy groups -OCH3 is 1. The summed E-state index contributed by atoms with van der Waals surface area (Å²) in [6, 6.07) is 15.6. The van der Waals surface area contributed by atoms with Crippen LogP contribution in [-0.4, -0.2) is 24.3 Å². The van der Waals surface area contributed by atoms with E-state index in [1.54, 1.807) is 7.11 Å².